The van der Waals surface area contributed by atoms with Crippen LogP contribution in [0.15, 0.2) is 41.8 Å². The van der Waals surface area contributed by atoms with Gasteiger partial charge in [-0.1, -0.05) is 12.1 Å². The SMILES string of the molecule is C[C@H](OC(=O)/C=C/c1cccs1)C(=O)Nc1c(F)cccc1F. The highest BCUT2D eigenvalue weighted by Gasteiger charge is 2.19. The topological polar surface area (TPSA) is 55.4 Å². The molecule has 1 heterocycles. The van der Waals surface area contributed by atoms with Crippen LogP contribution >= 0.6 is 11.3 Å². The molecule has 0 radical (unpaired) electrons. The number of nitrogens with one attached hydrogen (secondary N) is 1. The van der Waals surface area contributed by atoms with Gasteiger partial charge in [-0.25, -0.2) is 13.6 Å². The minimum absolute atomic E-state index is 0.575. The largest absolute Gasteiger partial charge is 0.449 e. The smallest absolute Gasteiger partial charge is 0.331 e. The molecule has 0 fully saturated rings. The van der Waals surface area contributed by atoms with E-state index in [0.29, 0.717) is 0 Å². The maximum absolute atomic E-state index is 13.4. The van der Waals surface area contributed by atoms with E-state index in [2.05, 4.69) is 5.32 Å². The third-order valence-electron chi connectivity index (χ3n) is 2.80. The number of benzene rings is 1. The van der Waals surface area contributed by atoms with E-state index < -0.39 is 35.3 Å². The molecule has 120 valence electrons. The number of thiophene rings is 1. The van der Waals surface area contributed by atoms with Gasteiger partial charge in [-0.3, -0.25) is 4.79 Å². The van der Waals surface area contributed by atoms with Crippen molar-refractivity contribution in [1.82, 2.24) is 0 Å². The van der Waals surface area contributed by atoms with Crippen LogP contribution < -0.4 is 5.32 Å². The van der Waals surface area contributed by atoms with Crippen LogP contribution in [-0.4, -0.2) is 18.0 Å². The molecule has 0 saturated carbocycles. The Bertz CT molecular complexity index is 709. The molecule has 0 unspecified atom stereocenters. The first-order valence-electron chi connectivity index (χ1n) is 6.64. The Morgan fingerprint density at radius 1 is 1.22 bits per heavy atom. The van der Waals surface area contributed by atoms with Crippen LogP contribution in [0.2, 0.25) is 0 Å². The molecule has 1 aromatic heterocycles. The molecule has 1 amide bonds. The van der Waals surface area contributed by atoms with Gasteiger partial charge in [0.15, 0.2) is 6.10 Å². The molecule has 7 heteroatoms. The Labute approximate surface area is 135 Å². The predicted octanol–water partition coefficient (Wildman–Crippen LogP) is 3.61. The standard InChI is InChI=1S/C16H13F2NO3S/c1-10(22-14(20)8-7-11-4-3-9-23-11)16(21)19-15-12(17)5-2-6-13(15)18/h2-10H,1H3,(H,19,21)/b8-7+/t10-/m0/s1. The van der Waals surface area contributed by atoms with Crippen molar-refractivity contribution in [3.63, 3.8) is 0 Å². The first-order valence-corrected chi connectivity index (χ1v) is 7.52. The average molecular weight is 337 g/mol. The number of carbonyl (C=O) groups is 2. The van der Waals surface area contributed by atoms with Gasteiger partial charge >= 0.3 is 5.97 Å². The summed E-state index contributed by atoms with van der Waals surface area (Å²) in [5.41, 5.74) is -0.575. The summed E-state index contributed by atoms with van der Waals surface area (Å²) < 4.78 is 31.8. The van der Waals surface area contributed by atoms with Crippen molar-refractivity contribution in [1.29, 1.82) is 0 Å². The maximum atomic E-state index is 13.4. The van der Waals surface area contributed by atoms with Crippen molar-refractivity contribution >= 4 is 35.0 Å². The van der Waals surface area contributed by atoms with Crippen LogP contribution in [0, 0.1) is 11.6 Å². The fourth-order valence-electron chi connectivity index (χ4n) is 1.65. The van der Waals surface area contributed by atoms with Gasteiger partial charge in [-0.15, -0.1) is 11.3 Å². The lowest BCUT2D eigenvalue weighted by Gasteiger charge is -2.13. The molecule has 1 aromatic carbocycles. The molecule has 0 aliphatic rings. The molecular weight excluding hydrogens is 324 g/mol. The number of carbonyl (C=O) groups excluding carboxylic acids is 2. The van der Waals surface area contributed by atoms with Crippen LogP contribution in [0.1, 0.15) is 11.8 Å². The quantitative estimate of drug-likeness (QED) is 0.670. The van der Waals surface area contributed by atoms with E-state index in [-0.39, 0.29) is 0 Å². The average Bonchev–Trinajstić information content (AvgIpc) is 3.02. The minimum Gasteiger partial charge on any atom is -0.449 e. The summed E-state index contributed by atoms with van der Waals surface area (Å²) in [6, 6.07) is 6.84. The van der Waals surface area contributed by atoms with E-state index in [0.717, 1.165) is 17.0 Å². The van der Waals surface area contributed by atoms with E-state index in [1.165, 1.54) is 30.4 Å². The Kier molecular flexibility index (Phi) is 5.59. The van der Waals surface area contributed by atoms with E-state index in [4.69, 9.17) is 4.74 Å². The molecular formula is C16H13F2NO3S. The van der Waals surface area contributed by atoms with Gasteiger partial charge in [0.05, 0.1) is 0 Å². The zero-order valence-corrected chi connectivity index (χ0v) is 12.9. The van der Waals surface area contributed by atoms with Crippen molar-refractivity contribution in [2.24, 2.45) is 0 Å². The number of esters is 1. The van der Waals surface area contributed by atoms with Crippen LogP contribution in [0.5, 0.6) is 0 Å². The van der Waals surface area contributed by atoms with Crippen molar-refractivity contribution in [3.8, 4) is 0 Å². The molecule has 0 bridgehead atoms. The molecule has 1 N–H and O–H groups in total. The number of ether oxygens (including phenoxy) is 1. The molecule has 4 nitrogen and oxygen atoms in total. The van der Waals surface area contributed by atoms with Crippen LogP contribution in [0.25, 0.3) is 6.08 Å². The van der Waals surface area contributed by atoms with Gasteiger partial charge in [0.25, 0.3) is 5.91 Å². The lowest BCUT2D eigenvalue weighted by atomic mass is 10.2. The number of hydrogen-bond acceptors (Lipinski definition) is 4. The number of rotatable bonds is 5. The molecule has 0 aliphatic carbocycles. The summed E-state index contributed by atoms with van der Waals surface area (Å²) in [5, 5.41) is 3.92. The van der Waals surface area contributed by atoms with E-state index >= 15 is 0 Å². The Hall–Kier alpha value is -2.54. The highest BCUT2D eigenvalue weighted by molar-refractivity contribution is 7.10. The highest BCUT2D eigenvalue weighted by atomic mass is 32.1. The second-order valence-corrected chi connectivity index (χ2v) is 5.49. The van der Waals surface area contributed by atoms with Crippen molar-refractivity contribution < 1.29 is 23.1 Å². The molecule has 1 atom stereocenters. The third-order valence-corrected chi connectivity index (χ3v) is 3.64. The zero-order valence-electron chi connectivity index (χ0n) is 12.1. The third kappa shape index (κ3) is 4.72. The molecule has 2 aromatic rings. The van der Waals surface area contributed by atoms with Crippen molar-refractivity contribution in [3.05, 3.63) is 58.3 Å². The summed E-state index contributed by atoms with van der Waals surface area (Å²) in [7, 11) is 0. The van der Waals surface area contributed by atoms with E-state index in [1.807, 2.05) is 17.5 Å². The Balaban J connectivity index is 1.93. The first kappa shape index (κ1) is 16.8. The van der Waals surface area contributed by atoms with Gasteiger partial charge in [-0.2, -0.15) is 0 Å². The summed E-state index contributed by atoms with van der Waals surface area (Å²) in [5.74, 6) is -3.37. The highest BCUT2D eigenvalue weighted by Crippen LogP contribution is 2.18. The van der Waals surface area contributed by atoms with Crippen molar-refractivity contribution in [2.75, 3.05) is 5.32 Å². The number of para-hydroxylation sites is 1. The molecule has 2 rings (SSSR count). The molecule has 0 aliphatic heterocycles. The normalized spacial score (nSPS) is 12.1. The molecule has 23 heavy (non-hydrogen) atoms. The van der Waals surface area contributed by atoms with E-state index in [1.54, 1.807) is 6.08 Å². The van der Waals surface area contributed by atoms with Crippen LogP contribution in [-0.2, 0) is 14.3 Å². The predicted molar refractivity (Wildman–Crippen MR) is 83.9 cm³/mol. The second-order valence-electron chi connectivity index (χ2n) is 4.51. The number of amides is 1. The maximum Gasteiger partial charge on any atom is 0.331 e. The van der Waals surface area contributed by atoms with Gasteiger partial charge in [0.2, 0.25) is 0 Å². The van der Waals surface area contributed by atoms with E-state index in [9.17, 15) is 18.4 Å². The van der Waals surface area contributed by atoms with Gasteiger partial charge in [0.1, 0.15) is 17.3 Å². The van der Waals surface area contributed by atoms with Gasteiger partial charge < -0.3 is 10.1 Å². The zero-order chi connectivity index (χ0) is 16.8. The lowest BCUT2D eigenvalue weighted by molar-refractivity contribution is -0.148. The summed E-state index contributed by atoms with van der Waals surface area (Å²) in [6.45, 7) is 1.31. The summed E-state index contributed by atoms with van der Waals surface area (Å²) in [4.78, 5) is 24.3. The minimum atomic E-state index is -1.20. The Morgan fingerprint density at radius 2 is 1.91 bits per heavy atom. The lowest BCUT2D eigenvalue weighted by Crippen LogP contribution is -2.30. The summed E-state index contributed by atoms with van der Waals surface area (Å²) >= 11 is 1.44. The fourth-order valence-corrected chi connectivity index (χ4v) is 2.26. The second kappa shape index (κ2) is 7.64. The van der Waals surface area contributed by atoms with Crippen LogP contribution in [0.4, 0.5) is 14.5 Å². The number of hydrogen-bond donors (Lipinski definition) is 1. The van der Waals surface area contributed by atoms with Gasteiger partial charge in [-0.05, 0) is 36.6 Å². The van der Waals surface area contributed by atoms with Crippen LogP contribution in [0.3, 0.4) is 0 Å². The van der Waals surface area contributed by atoms with Crippen molar-refractivity contribution in [2.45, 2.75) is 13.0 Å². The molecule has 0 spiro atoms. The number of anilines is 1. The Morgan fingerprint density at radius 3 is 2.52 bits per heavy atom. The first-order chi connectivity index (χ1) is 11.0. The number of halogens is 2. The van der Waals surface area contributed by atoms with Gasteiger partial charge in [0, 0.05) is 11.0 Å². The fraction of sp³-hybridized carbons (Fsp3) is 0.125. The monoisotopic (exact) mass is 337 g/mol. The summed E-state index contributed by atoms with van der Waals surface area (Å²) in [6.07, 6.45) is 1.53. The molecule has 0 saturated heterocycles.